The zero-order valence-electron chi connectivity index (χ0n) is 12.0. The molecule has 0 unspecified atom stereocenters. The average Bonchev–Trinajstić information content (AvgIpc) is 2.98. The van der Waals surface area contributed by atoms with Crippen molar-refractivity contribution in [2.24, 2.45) is 0 Å². The highest BCUT2D eigenvalue weighted by Gasteiger charge is 2.14. The number of hydrogen-bond acceptors (Lipinski definition) is 3. The van der Waals surface area contributed by atoms with Gasteiger partial charge in [-0.1, -0.05) is 18.2 Å². The normalized spacial score (nSPS) is 12.9. The summed E-state index contributed by atoms with van der Waals surface area (Å²) in [5.41, 5.74) is 5.50. The van der Waals surface area contributed by atoms with Gasteiger partial charge < -0.3 is 9.47 Å². The second-order valence-electron chi connectivity index (χ2n) is 5.36. The molecule has 1 aliphatic rings. The minimum Gasteiger partial charge on any atom is -0.454 e. The van der Waals surface area contributed by atoms with Crippen LogP contribution in [0.4, 0.5) is 0 Å². The number of ether oxygens (including phenoxy) is 2. The third-order valence-corrected chi connectivity index (χ3v) is 3.95. The predicted octanol–water partition coefficient (Wildman–Crippen LogP) is 4.25. The molecule has 1 aromatic heterocycles. The number of fused-ring (bicyclic) bond motifs is 2. The summed E-state index contributed by atoms with van der Waals surface area (Å²) in [4.78, 5) is 4.83. The summed E-state index contributed by atoms with van der Waals surface area (Å²) >= 11 is 0. The van der Waals surface area contributed by atoms with Crippen molar-refractivity contribution in [2.45, 2.75) is 13.8 Å². The van der Waals surface area contributed by atoms with Crippen LogP contribution in [0.1, 0.15) is 11.1 Å². The van der Waals surface area contributed by atoms with Gasteiger partial charge in [0.1, 0.15) is 0 Å². The minimum absolute atomic E-state index is 0.294. The maximum Gasteiger partial charge on any atom is 0.231 e. The van der Waals surface area contributed by atoms with E-state index in [1.54, 1.807) is 0 Å². The molecule has 104 valence electrons. The molecule has 2 heterocycles. The summed E-state index contributed by atoms with van der Waals surface area (Å²) in [5, 5.41) is 1.21. The van der Waals surface area contributed by atoms with E-state index in [-0.39, 0.29) is 0 Å². The summed E-state index contributed by atoms with van der Waals surface area (Å²) in [7, 11) is 0. The highest BCUT2D eigenvalue weighted by Crippen LogP contribution is 2.36. The fourth-order valence-electron chi connectivity index (χ4n) is 2.71. The Labute approximate surface area is 123 Å². The van der Waals surface area contributed by atoms with Crippen LogP contribution in [-0.4, -0.2) is 11.8 Å². The first-order chi connectivity index (χ1) is 10.2. The Morgan fingerprint density at radius 3 is 2.57 bits per heavy atom. The molecule has 0 aliphatic carbocycles. The Morgan fingerprint density at radius 1 is 0.857 bits per heavy atom. The quantitative estimate of drug-likeness (QED) is 0.666. The Morgan fingerprint density at radius 2 is 1.67 bits per heavy atom. The van der Waals surface area contributed by atoms with E-state index in [0.29, 0.717) is 6.79 Å². The zero-order chi connectivity index (χ0) is 14.4. The van der Waals surface area contributed by atoms with Crippen molar-refractivity contribution in [1.29, 1.82) is 0 Å². The van der Waals surface area contributed by atoms with E-state index in [4.69, 9.17) is 14.5 Å². The largest absolute Gasteiger partial charge is 0.454 e. The topological polar surface area (TPSA) is 31.4 Å². The van der Waals surface area contributed by atoms with Crippen LogP contribution in [0.2, 0.25) is 0 Å². The number of pyridine rings is 1. The number of nitrogens with zero attached hydrogens (tertiary/aromatic N) is 1. The number of aryl methyl sites for hydroxylation is 2. The van der Waals surface area contributed by atoms with Crippen LogP contribution < -0.4 is 9.47 Å². The van der Waals surface area contributed by atoms with E-state index < -0.39 is 0 Å². The maximum absolute atomic E-state index is 5.44. The molecule has 3 heteroatoms. The first kappa shape index (κ1) is 12.2. The molecule has 3 nitrogen and oxygen atoms in total. The van der Waals surface area contributed by atoms with Gasteiger partial charge in [-0.05, 0) is 49.2 Å². The van der Waals surface area contributed by atoms with Crippen LogP contribution in [0.3, 0.4) is 0 Å². The van der Waals surface area contributed by atoms with Gasteiger partial charge in [-0.15, -0.1) is 0 Å². The van der Waals surface area contributed by atoms with E-state index in [9.17, 15) is 0 Å². The highest BCUT2D eigenvalue weighted by molar-refractivity contribution is 5.87. The zero-order valence-corrected chi connectivity index (χ0v) is 12.0. The maximum atomic E-state index is 5.44. The fourth-order valence-corrected chi connectivity index (χ4v) is 2.71. The Balaban J connectivity index is 1.89. The summed E-state index contributed by atoms with van der Waals surface area (Å²) in [6, 6.07) is 14.4. The fraction of sp³-hybridized carbons (Fsp3) is 0.167. The van der Waals surface area contributed by atoms with Gasteiger partial charge in [0.05, 0.1) is 11.2 Å². The van der Waals surface area contributed by atoms with Crippen LogP contribution in [-0.2, 0) is 0 Å². The third kappa shape index (κ3) is 1.93. The van der Waals surface area contributed by atoms with E-state index >= 15 is 0 Å². The van der Waals surface area contributed by atoms with Crippen molar-refractivity contribution in [3.05, 3.63) is 53.6 Å². The molecule has 0 saturated carbocycles. The second kappa shape index (κ2) is 4.48. The Bertz CT molecular complexity index is 855. The molecule has 21 heavy (non-hydrogen) atoms. The lowest BCUT2D eigenvalue weighted by molar-refractivity contribution is 0.174. The molecule has 3 aromatic rings. The molecule has 0 radical (unpaired) electrons. The molecule has 2 aromatic carbocycles. The summed E-state index contributed by atoms with van der Waals surface area (Å²) < 4.78 is 10.8. The van der Waals surface area contributed by atoms with E-state index in [0.717, 1.165) is 28.3 Å². The average molecular weight is 277 g/mol. The van der Waals surface area contributed by atoms with E-state index in [1.165, 1.54) is 16.5 Å². The van der Waals surface area contributed by atoms with Gasteiger partial charge in [-0.3, -0.25) is 0 Å². The lowest BCUT2D eigenvalue weighted by Crippen LogP contribution is -1.93. The summed E-state index contributed by atoms with van der Waals surface area (Å²) in [6.07, 6.45) is 0. The smallest absolute Gasteiger partial charge is 0.231 e. The van der Waals surface area contributed by atoms with Crippen LogP contribution in [0.5, 0.6) is 11.5 Å². The number of rotatable bonds is 1. The molecular weight excluding hydrogens is 262 g/mol. The second-order valence-corrected chi connectivity index (χ2v) is 5.36. The van der Waals surface area contributed by atoms with Crippen molar-refractivity contribution >= 4 is 10.9 Å². The SMILES string of the molecule is Cc1ccc(C)c2nc(-c3ccc4c(c3)OCO4)ccc12. The van der Waals surface area contributed by atoms with Gasteiger partial charge in [-0.25, -0.2) is 4.98 Å². The van der Waals surface area contributed by atoms with Gasteiger partial charge in [-0.2, -0.15) is 0 Å². The first-order valence-electron chi connectivity index (χ1n) is 6.99. The lowest BCUT2D eigenvalue weighted by atomic mass is 10.0. The predicted molar refractivity (Wildman–Crippen MR) is 82.8 cm³/mol. The van der Waals surface area contributed by atoms with Crippen molar-refractivity contribution in [3.63, 3.8) is 0 Å². The van der Waals surface area contributed by atoms with Gasteiger partial charge >= 0.3 is 0 Å². The molecule has 4 rings (SSSR count). The number of hydrogen-bond donors (Lipinski definition) is 0. The van der Waals surface area contributed by atoms with Crippen LogP contribution in [0.15, 0.2) is 42.5 Å². The lowest BCUT2D eigenvalue weighted by Gasteiger charge is -2.08. The van der Waals surface area contributed by atoms with Gasteiger partial charge in [0, 0.05) is 10.9 Å². The van der Waals surface area contributed by atoms with Crippen molar-refractivity contribution in [2.75, 3.05) is 6.79 Å². The van der Waals surface area contributed by atoms with Crippen molar-refractivity contribution in [1.82, 2.24) is 4.98 Å². The summed E-state index contributed by atoms with van der Waals surface area (Å²) in [5.74, 6) is 1.59. The summed E-state index contributed by atoms with van der Waals surface area (Å²) in [6.45, 7) is 4.50. The molecule has 1 aliphatic heterocycles. The van der Waals surface area contributed by atoms with Gasteiger partial charge in [0.25, 0.3) is 0 Å². The third-order valence-electron chi connectivity index (χ3n) is 3.95. The standard InChI is InChI=1S/C18H15NO2/c1-11-3-4-12(2)18-14(11)6-7-15(19-18)13-5-8-16-17(9-13)21-10-20-16/h3-9H,10H2,1-2H3. The molecule has 0 atom stereocenters. The van der Waals surface area contributed by atoms with Gasteiger partial charge in [0.2, 0.25) is 6.79 Å². The molecule has 0 amide bonds. The van der Waals surface area contributed by atoms with Crippen LogP contribution in [0, 0.1) is 13.8 Å². The highest BCUT2D eigenvalue weighted by atomic mass is 16.7. The molecule has 0 spiro atoms. The van der Waals surface area contributed by atoms with E-state index in [1.807, 2.05) is 18.2 Å². The van der Waals surface area contributed by atoms with Crippen LogP contribution >= 0.6 is 0 Å². The van der Waals surface area contributed by atoms with Crippen molar-refractivity contribution in [3.8, 4) is 22.8 Å². The Kier molecular flexibility index (Phi) is 2.61. The number of benzene rings is 2. The Hall–Kier alpha value is -2.55. The molecular formula is C18H15NO2. The first-order valence-corrected chi connectivity index (χ1v) is 6.99. The minimum atomic E-state index is 0.294. The molecule has 0 bridgehead atoms. The molecule has 0 N–H and O–H groups in total. The van der Waals surface area contributed by atoms with E-state index in [2.05, 4.69) is 38.1 Å². The van der Waals surface area contributed by atoms with Gasteiger partial charge in [0.15, 0.2) is 11.5 Å². The van der Waals surface area contributed by atoms with Crippen molar-refractivity contribution < 1.29 is 9.47 Å². The van der Waals surface area contributed by atoms with Crippen LogP contribution in [0.25, 0.3) is 22.2 Å². The monoisotopic (exact) mass is 277 g/mol. The molecule has 0 saturated heterocycles. The number of aromatic nitrogens is 1. The molecule has 0 fully saturated rings.